The van der Waals surface area contributed by atoms with Crippen molar-refractivity contribution >= 4 is 34.9 Å². The molecule has 0 bridgehead atoms. The number of carbonyl (C=O) groups excluding carboxylic acids is 2. The Morgan fingerprint density at radius 2 is 1.69 bits per heavy atom. The van der Waals surface area contributed by atoms with Crippen molar-refractivity contribution < 1.29 is 14.5 Å². The second-order valence-electron chi connectivity index (χ2n) is 5.98. The van der Waals surface area contributed by atoms with E-state index in [9.17, 15) is 19.7 Å². The van der Waals surface area contributed by atoms with Crippen LogP contribution in [-0.2, 0) is 11.2 Å². The first-order chi connectivity index (χ1) is 12.4. The number of nitrogens with zero attached hydrogens (tertiary/aromatic N) is 3. The lowest BCUT2D eigenvalue weighted by Crippen LogP contribution is -2.35. The van der Waals surface area contributed by atoms with E-state index in [4.69, 9.17) is 11.6 Å². The normalized spacial score (nSPS) is 17.1. The van der Waals surface area contributed by atoms with Crippen molar-refractivity contribution in [2.24, 2.45) is 0 Å². The van der Waals surface area contributed by atoms with Gasteiger partial charge < -0.3 is 4.90 Å². The van der Waals surface area contributed by atoms with E-state index in [0.29, 0.717) is 23.7 Å². The lowest BCUT2D eigenvalue weighted by Gasteiger charge is -2.19. The van der Waals surface area contributed by atoms with Crippen molar-refractivity contribution in [3.63, 3.8) is 0 Å². The summed E-state index contributed by atoms with van der Waals surface area (Å²) >= 11 is 5.86. The second kappa shape index (κ2) is 7.13. The number of urea groups is 1. The molecule has 0 spiro atoms. The highest BCUT2D eigenvalue weighted by Crippen LogP contribution is 2.26. The van der Waals surface area contributed by atoms with Crippen molar-refractivity contribution in [3.8, 4) is 0 Å². The summed E-state index contributed by atoms with van der Waals surface area (Å²) in [6, 6.07) is 11.7. The number of hydrogen-bond acceptors (Lipinski definition) is 4. The molecule has 0 aliphatic carbocycles. The lowest BCUT2D eigenvalue weighted by molar-refractivity contribution is -0.384. The van der Waals surface area contributed by atoms with Gasteiger partial charge in [0.2, 0.25) is 0 Å². The van der Waals surface area contributed by atoms with Crippen molar-refractivity contribution in [2.45, 2.75) is 19.4 Å². The molecule has 0 aromatic heterocycles. The molecule has 134 valence electrons. The Morgan fingerprint density at radius 3 is 2.27 bits per heavy atom. The molecule has 1 saturated heterocycles. The molecule has 1 fully saturated rings. The minimum Gasteiger partial charge on any atom is -0.312 e. The molecule has 1 atom stereocenters. The molecule has 1 heterocycles. The summed E-state index contributed by atoms with van der Waals surface area (Å²) in [6.45, 7) is 2.03. The molecule has 7 nitrogen and oxygen atoms in total. The number of amides is 3. The van der Waals surface area contributed by atoms with E-state index in [-0.39, 0.29) is 17.6 Å². The summed E-state index contributed by atoms with van der Waals surface area (Å²) in [7, 11) is 0. The zero-order chi connectivity index (χ0) is 18.8. The number of imide groups is 1. The van der Waals surface area contributed by atoms with Crippen molar-refractivity contribution in [1.82, 2.24) is 4.90 Å². The fourth-order valence-electron chi connectivity index (χ4n) is 2.86. The Morgan fingerprint density at radius 1 is 1.08 bits per heavy atom. The smallest absolute Gasteiger partial charge is 0.312 e. The first-order valence-corrected chi connectivity index (χ1v) is 8.40. The van der Waals surface area contributed by atoms with Crippen LogP contribution >= 0.6 is 11.6 Å². The topological polar surface area (TPSA) is 83.8 Å². The molecule has 3 amide bonds. The van der Waals surface area contributed by atoms with Crippen LogP contribution in [0.2, 0.25) is 5.02 Å². The van der Waals surface area contributed by atoms with Crippen LogP contribution in [0.25, 0.3) is 0 Å². The summed E-state index contributed by atoms with van der Waals surface area (Å²) in [5, 5.41) is 11.2. The highest BCUT2D eigenvalue weighted by Gasteiger charge is 2.42. The predicted octanol–water partition coefficient (Wildman–Crippen LogP) is 3.65. The Labute approximate surface area is 154 Å². The van der Waals surface area contributed by atoms with Crippen molar-refractivity contribution in [3.05, 3.63) is 69.2 Å². The molecule has 0 N–H and O–H groups in total. The molecule has 2 aromatic rings. The molecular weight excluding hydrogens is 358 g/mol. The molecule has 0 unspecified atom stereocenters. The molecule has 2 aromatic carbocycles. The van der Waals surface area contributed by atoms with E-state index >= 15 is 0 Å². The average molecular weight is 374 g/mol. The Bertz CT molecular complexity index is 852. The largest absolute Gasteiger partial charge is 0.332 e. The summed E-state index contributed by atoms with van der Waals surface area (Å²) in [4.78, 5) is 38.1. The maximum atomic E-state index is 12.7. The quantitative estimate of drug-likeness (QED) is 0.455. The minimum absolute atomic E-state index is 0.0171. The summed E-state index contributed by atoms with van der Waals surface area (Å²) in [6.07, 6.45) is 0.496. The monoisotopic (exact) mass is 373 g/mol. The van der Waals surface area contributed by atoms with Crippen LogP contribution < -0.4 is 4.90 Å². The van der Waals surface area contributed by atoms with Crippen LogP contribution in [0.1, 0.15) is 12.5 Å². The number of rotatable bonds is 5. The van der Waals surface area contributed by atoms with Gasteiger partial charge in [0, 0.05) is 23.7 Å². The van der Waals surface area contributed by atoms with Gasteiger partial charge in [-0.15, -0.1) is 0 Å². The molecular formula is C18H16ClN3O4. The van der Waals surface area contributed by atoms with Gasteiger partial charge in [0.05, 0.1) is 10.6 Å². The Kier molecular flexibility index (Phi) is 4.90. The van der Waals surface area contributed by atoms with E-state index in [1.807, 2.05) is 0 Å². The van der Waals surface area contributed by atoms with Crippen LogP contribution in [0.3, 0.4) is 0 Å². The number of anilines is 1. The van der Waals surface area contributed by atoms with E-state index < -0.39 is 11.0 Å². The molecule has 3 rings (SSSR count). The number of nitro groups is 1. The van der Waals surface area contributed by atoms with Crippen LogP contribution in [0.5, 0.6) is 0 Å². The molecule has 8 heteroatoms. The lowest BCUT2D eigenvalue weighted by atomic mass is 10.1. The third kappa shape index (κ3) is 3.39. The van der Waals surface area contributed by atoms with Gasteiger partial charge in [-0.2, -0.15) is 0 Å². The van der Waals surface area contributed by atoms with Gasteiger partial charge in [0.15, 0.2) is 0 Å². The number of benzene rings is 2. The van der Waals surface area contributed by atoms with Crippen molar-refractivity contribution in [2.75, 3.05) is 11.4 Å². The zero-order valence-electron chi connectivity index (χ0n) is 14.0. The van der Waals surface area contributed by atoms with Crippen LogP contribution in [-0.4, -0.2) is 34.3 Å². The first-order valence-electron chi connectivity index (χ1n) is 8.02. The molecule has 0 radical (unpaired) electrons. The van der Waals surface area contributed by atoms with Gasteiger partial charge in [0.25, 0.3) is 11.6 Å². The van der Waals surface area contributed by atoms with Gasteiger partial charge in [-0.3, -0.25) is 14.9 Å². The SMILES string of the molecule is C[C@H]1C(=O)N(c2ccc(Cl)cc2)C(=O)N1CCc1ccc([N+](=O)[O-])cc1. The standard InChI is InChI=1S/C18H16ClN3O4/c1-12-17(23)21(15-8-4-14(19)5-9-15)18(24)20(12)11-10-13-2-6-16(7-3-13)22(25)26/h2-9,12H,10-11H2,1H3/t12-/m0/s1. The number of halogens is 1. The third-order valence-electron chi connectivity index (χ3n) is 4.36. The number of hydrogen-bond donors (Lipinski definition) is 0. The highest BCUT2D eigenvalue weighted by molar-refractivity contribution is 6.30. The third-order valence-corrected chi connectivity index (χ3v) is 4.61. The number of carbonyl (C=O) groups is 2. The summed E-state index contributed by atoms with van der Waals surface area (Å²) < 4.78 is 0. The van der Waals surface area contributed by atoms with Gasteiger partial charge in [-0.1, -0.05) is 23.7 Å². The van der Waals surface area contributed by atoms with E-state index in [1.54, 1.807) is 43.3 Å². The van der Waals surface area contributed by atoms with Gasteiger partial charge in [-0.25, -0.2) is 9.69 Å². The second-order valence-corrected chi connectivity index (χ2v) is 6.41. The molecule has 26 heavy (non-hydrogen) atoms. The average Bonchev–Trinajstić information content (AvgIpc) is 2.84. The molecule has 1 aliphatic heterocycles. The van der Waals surface area contributed by atoms with Gasteiger partial charge >= 0.3 is 6.03 Å². The summed E-state index contributed by atoms with van der Waals surface area (Å²) in [5.41, 5.74) is 1.35. The fraction of sp³-hybridized carbons (Fsp3) is 0.222. The minimum atomic E-state index is -0.573. The van der Waals surface area contributed by atoms with Gasteiger partial charge in [0.1, 0.15) is 6.04 Å². The Hall–Kier alpha value is -2.93. The van der Waals surface area contributed by atoms with Crippen LogP contribution in [0, 0.1) is 10.1 Å². The molecule has 1 aliphatic rings. The van der Waals surface area contributed by atoms with E-state index in [2.05, 4.69) is 0 Å². The summed E-state index contributed by atoms with van der Waals surface area (Å²) in [5.74, 6) is -0.291. The van der Waals surface area contributed by atoms with Crippen LogP contribution in [0.15, 0.2) is 48.5 Å². The fourth-order valence-corrected chi connectivity index (χ4v) is 2.99. The Balaban J connectivity index is 1.72. The maximum absolute atomic E-state index is 12.7. The van der Waals surface area contributed by atoms with Gasteiger partial charge in [-0.05, 0) is 43.2 Å². The van der Waals surface area contributed by atoms with Crippen LogP contribution in [0.4, 0.5) is 16.2 Å². The highest BCUT2D eigenvalue weighted by atomic mass is 35.5. The maximum Gasteiger partial charge on any atom is 0.332 e. The predicted molar refractivity (Wildman–Crippen MR) is 97.3 cm³/mol. The zero-order valence-corrected chi connectivity index (χ0v) is 14.7. The number of nitro benzene ring substituents is 1. The number of non-ortho nitro benzene ring substituents is 1. The first kappa shape index (κ1) is 17.9. The van der Waals surface area contributed by atoms with E-state index in [1.165, 1.54) is 17.0 Å². The molecule has 0 saturated carbocycles. The van der Waals surface area contributed by atoms with E-state index in [0.717, 1.165) is 10.5 Å². The van der Waals surface area contributed by atoms with Crippen molar-refractivity contribution in [1.29, 1.82) is 0 Å².